The number of fused-ring (bicyclic) bond motifs is 2. The zero-order valence-corrected chi connectivity index (χ0v) is 15.7. The molecular formula is C23H21N3O3. The molecule has 146 valence electrons. The average molecular weight is 387 g/mol. The molecule has 3 N–H and O–H groups in total. The Kier molecular flexibility index (Phi) is 5.42. The normalized spacial score (nSPS) is 12.1. The lowest BCUT2D eigenvalue weighted by molar-refractivity contribution is -0.121. The fourth-order valence-electron chi connectivity index (χ4n) is 3.28. The molecule has 0 saturated heterocycles. The van der Waals surface area contributed by atoms with Crippen molar-refractivity contribution in [3.63, 3.8) is 0 Å². The number of para-hydroxylation sites is 3. The van der Waals surface area contributed by atoms with Crippen molar-refractivity contribution in [2.24, 2.45) is 0 Å². The van der Waals surface area contributed by atoms with Gasteiger partial charge in [0.15, 0.2) is 0 Å². The second-order valence-electron chi connectivity index (χ2n) is 6.68. The van der Waals surface area contributed by atoms with E-state index in [1.54, 1.807) is 12.1 Å². The van der Waals surface area contributed by atoms with Crippen molar-refractivity contribution in [2.45, 2.75) is 12.5 Å². The van der Waals surface area contributed by atoms with Crippen molar-refractivity contribution in [2.75, 3.05) is 11.9 Å². The SMILES string of the molecule is O=C(CCNC(=O)Nc1ccccc1)NC1c2ccccc2Oc2ccccc21. The van der Waals surface area contributed by atoms with E-state index in [0.717, 1.165) is 22.6 Å². The molecule has 0 radical (unpaired) electrons. The van der Waals surface area contributed by atoms with Gasteiger partial charge < -0.3 is 20.7 Å². The zero-order valence-electron chi connectivity index (χ0n) is 15.7. The summed E-state index contributed by atoms with van der Waals surface area (Å²) in [6, 6.07) is 23.8. The second kappa shape index (κ2) is 8.48. The number of amides is 3. The first-order valence-electron chi connectivity index (χ1n) is 9.46. The summed E-state index contributed by atoms with van der Waals surface area (Å²) in [6.45, 7) is 0.233. The summed E-state index contributed by atoms with van der Waals surface area (Å²) < 4.78 is 5.94. The third-order valence-corrected chi connectivity index (χ3v) is 4.65. The van der Waals surface area contributed by atoms with Gasteiger partial charge in [0, 0.05) is 29.8 Å². The topological polar surface area (TPSA) is 79.5 Å². The summed E-state index contributed by atoms with van der Waals surface area (Å²) in [5, 5.41) is 8.49. The molecule has 0 spiro atoms. The Balaban J connectivity index is 1.36. The molecule has 0 unspecified atom stereocenters. The lowest BCUT2D eigenvalue weighted by atomic mass is 9.94. The highest BCUT2D eigenvalue weighted by Gasteiger charge is 2.27. The van der Waals surface area contributed by atoms with Gasteiger partial charge in [0.25, 0.3) is 0 Å². The van der Waals surface area contributed by atoms with Crippen LogP contribution in [0.1, 0.15) is 23.6 Å². The number of ether oxygens (including phenoxy) is 1. The summed E-state index contributed by atoms with van der Waals surface area (Å²) in [5.74, 6) is 1.32. The van der Waals surface area contributed by atoms with Crippen LogP contribution in [0.15, 0.2) is 78.9 Å². The van der Waals surface area contributed by atoms with Crippen LogP contribution in [0.25, 0.3) is 0 Å². The van der Waals surface area contributed by atoms with E-state index in [4.69, 9.17) is 4.74 Å². The van der Waals surface area contributed by atoms with E-state index >= 15 is 0 Å². The molecule has 0 bridgehead atoms. The molecule has 1 aliphatic heterocycles. The van der Waals surface area contributed by atoms with Crippen molar-refractivity contribution in [1.29, 1.82) is 0 Å². The van der Waals surface area contributed by atoms with Gasteiger partial charge in [0.1, 0.15) is 11.5 Å². The van der Waals surface area contributed by atoms with Gasteiger partial charge in [0.05, 0.1) is 6.04 Å². The van der Waals surface area contributed by atoms with Gasteiger partial charge in [-0.1, -0.05) is 54.6 Å². The lowest BCUT2D eigenvalue weighted by Crippen LogP contribution is -2.35. The van der Waals surface area contributed by atoms with Crippen LogP contribution in [0.3, 0.4) is 0 Å². The van der Waals surface area contributed by atoms with Crippen LogP contribution in [-0.4, -0.2) is 18.5 Å². The van der Waals surface area contributed by atoms with Crippen molar-refractivity contribution in [3.05, 3.63) is 90.0 Å². The summed E-state index contributed by atoms with van der Waals surface area (Å²) in [6.07, 6.45) is 0.171. The first-order chi connectivity index (χ1) is 14.2. The van der Waals surface area contributed by atoms with E-state index in [9.17, 15) is 9.59 Å². The Bertz CT molecular complexity index is 975. The smallest absolute Gasteiger partial charge is 0.319 e. The number of anilines is 1. The molecule has 6 nitrogen and oxygen atoms in total. The first-order valence-corrected chi connectivity index (χ1v) is 9.46. The maximum absolute atomic E-state index is 12.5. The highest BCUT2D eigenvalue weighted by Crippen LogP contribution is 2.42. The van der Waals surface area contributed by atoms with Crippen molar-refractivity contribution >= 4 is 17.6 Å². The standard InChI is InChI=1S/C23H21N3O3/c27-21(14-15-24-23(28)25-16-8-2-1-3-9-16)26-22-17-10-4-6-12-19(17)29-20-13-7-5-11-18(20)22/h1-13,22H,14-15H2,(H,26,27)(H2,24,25,28). The quantitative estimate of drug-likeness (QED) is 0.614. The maximum atomic E-state index is 12.5. The number of hydrogen-bond donors (Lipinski definition) is 3. The predicted molar refractivity (Wildman–Crippen MR) is 111 cm³/mol. The first kappa shape index (κ1) is 18.6. The van der Waals surface area contributed by atoms with Crippen LogP contribution in [0, 0.1) is 0 Å². The zero-order chi connectivity index (χ0) is 20.1. The minimum atomic E-state index is -0.342. The van der Waals surface area contributed by atoms with E-state index in [0.29, 0.717) is 5.69 Å². The van der Waals surface area contributed by atoms with Crippen LogP contribution in [-0.2, 0) is 4.79 Å². The maximum Gasteiger partial charge on any atom is 0.319 e. The third-order valence-electron chi connectivity index (χ3n) is 4.65. The largest absolute Gasteiger partial charge is 0.457 e. The Hall–Kier alpha value is -3.80. The Morgan fingerprint density at radius 2 is 1.38 bits per heavy atom. The minimum Gasteiger partial charge on any atom is -0.457 e. The second-order valence-corrected chi connectivity index (χ2v) is 6.68. The van der Waals surface area contributed by atoms with Gasteiger partial charge in [0.2, 0.25) is 5.91 Å². The Morgan fingerprint density at radius 1 is 0.793 bits per heavy atom. The molecule has 0 aromatic heterocycles. The van der Waals surface area contributed by atoms with E-state index in [1.165, 1.54) is 0 Å². The Morgan fingerprint density at radius 3 is 2.03 bits per heavy atom. The van der Waals surface area contributed by atoms with Crippen LogP contribution in [0.4, 0.5) is 10.5 Å². The molecule has 3 aromatic rings. The highest BCUT2D eigenvalue weighted by molar-refractivity contribution is 5.89. The Labute approximate surface area is 168 Å². The molecule has 4 rings (SSSR count). The molecule has 0 aliphatic carbocycles. The summed E-state index contributed by atoms with van der Waals surface area (Å²) in [7, 11) is 0. The number of benzene rings is 3. The summed E-state index contributed by atoms with van der Waals surface area (Å²) in [5.41, 5.74) is 2.52. The molecule has 29 heavy (non-hydrogen) atoms. The molecule has 1 heterocycles. The van der Waals surface area contributed by atoms with Gasteiger partial charge in [-0.2, -0.15) is 0 Å². The van der Waals surface area contributed by atoms with Gasteiger partial charge in [-0.3, -0.25) is 4.79 Å². The number of hydrogen-bond acceptors (Lipinski definition) is 3. The third kappa shape index (κ3) is 4.38. The molecule has 0 atom stereocenters. The molecule has 3 aromatic carbocycles. The lowest BCUT2D eigenvalue weighted by Gasteiger charge is -2.28. The highest BCUT2D eigenvalue weighted by atomic mass is 16.5. The average Bonchev–Trinajstić information content (AvgIpc) is 2.74. The van der Waals surface area contributed by atoms with Gasteiger partial charge in [-0.05, 0) is 24.3 Å². The summed E-state index contributed by atoms with van der Waals surface area (Å²) >= 11 is 0. The van der Waals surface area contributed by atoms with E-state index in [1.807, 2.05) is 66.7 Å². The predicted octanol–water partition coefficient (Wildman–Crippen LogP) is 4.21. The number of nitrogens with one attached hydrogen (secondary N) is 3. The van der Waals surface area contributed by atoms with Crippen LogP contribution < -0.4 is 20.7 Å². The summed E-state index contributed by atoms with van der Waals surface area (Å²) in [4.78, 5) is 24.5. The van der Waals surface area contributed by atoms with Crippen molar-refractivity contribution in [3.8, 4) is 11.5 Å². The van der Waals surface area contributed by atoms with Crippen LogP contribution in [0.5, 0.6) is 11.5 Å². The fourth-order valence-corrected chi connectivity index (χ4v) is 3.28. The van der Waals surface area contributed by atoms with Gasteiger partial charge >= 0.3 is 6.03 Å². The molecule has 3 amide bonds. The minimum absolute atomic E-state index is 0.151. The van der Waals surface area contributed by atoms with Crippen molar-refractivity contribution < 1.29 is 14.3 Å². The van der Waals surface area contributed by atoms with Crippen LogP contribution >= 0.6 is 0 Å². The molecular weight excluding hydrogens is 366 g/mol. The molecule has 0 saturated carbocycles. The number of urea groups is 1. The number of carbonyl (C=O) groups is 2. The molecule has 1 aliphatic rings. The van der Waals surface area contributed by atoms with E-state index in [-0.39, 0.29) is 30.9 Å². The molecule has 6 heteroatoms. The van der Waals surface area contributed by atoms with Crippen LogP contribution in [0.2, 0.25) is 0 Å². The number of rotatable bonds is 5. The number of carbonyl (C=O) groups excluding carboxylic acids is 2. The fraction of sp³-hybridized carbons (Fsp3) is 0.130. The molecule has 0 fully saturated rings. The van der Waals surface area contributed by atoms with Gasteiger partial charge in [-0.15, -0.1) is 0 Å². The van der Waals surface area contributed by atoms with E-state index in [2.05, 4.69) is 16.0 Å². The monoisotopic (exact) mass is 387 g/mol. The van der Waals surface area contributed by atoms with Gasteiger partial charge in [-0.25, -0.2) is 4.79 Å². The van der Waals surface area contributed by atoms with Crippen molar-refractivity contribution in [1.82, 2.24) is 10.6 Å². The van der Waals surface area contributed by atoms with E-state index < -0.39 is 0 Å².